The van der Waals surface area contributed by atoms with E-state index in [-0.39, 0.29) is 0 Å². The Bertz CT molecular complexity index is 312. The van der Waals surface area contributed by atoms with Gasteiger partial charge in [0.05, 0.1) is 0 Å². The molecule has 0 aromatic carbocycles. The largest absolute Gasteiger partial charge is 0.367 e. The third-order valence-corrected chi connectivity index (χ3v) is 3.30. The lowest BCUT2D eigenvalue weighted by Gasteiger charge is -2.31. The minimum absolute atomic E-state index is 0.595. The summed E-state index contributed by atoms with van der Waals surface area (Å²) >= 11 is 0. The molecule has 0 spiro atoms. The Hall–Kier alpha value is -1.09. The predicted octanol–water partition coefficient (Wildman–Crippen LogP) is 2.29. The van der Waals surface area contributed by atoms with Crippen LogP contribution in [0.5, 0.6) is 0 Å². The van der Waals surface area contributed by atoms with Gasteiger partial charge < -0.3 is 10.2 Å². The topological polar surface area (TPSA) is 28.2 Å². The molecule has 16 heavy (non-hydrogen) atoms. The molecule has 0 amide bonds. The minimum Gasteiger partial charge on any atom is -0.367 e. The van der Waals surface area contributed by atoms with Crippen molar-refractivity contribution in [3.8, 4) is 0 Å². The summed E-state index contributed by atoms with van der Waals surface area (Å²) in [5.74, 6) is 1.01. The molecule has 1 aliphatic heterocycles. The van der Waals surface area contributed by atoms with E-state index in [9.17, 15) is 0 Å². The van der Waals surface area contributed by atoms with Gasteiger partial charge in [-0.3, -0.25) is 0 Å². The van der Waals surface area contributed by atoms with E-state index in [2.05, 4.69) is 41.2 Å². The number of pyridine rings is 1. The molecule has 2 rings (SSSR count). The maximum atomic E-state index is 4.39. The van der Waals surface area contributed by atoms with E-state index in [1.54, 1.807) is 0 Å². The van der Waals surface area contributed by atoms with Gasteiger partial charge in [0.2, 0.25) is 0 Å². The molecule has 1 aromatic rings. The molecule has 0 saturated carbocycles. The fraction of sp³-hybridized carbons (Fsp3) is 0.615. The van der Waals surface area contributed by atoms with Crippen LogP contribution < -0.4 is 5.32 Å². The van der Waals surface area contributed by atoms with E-state index in [0.717, 1.165) is 5.82 Å². The van der Waals surface area contributed by atoms with E-state index in [1.165, 1.54) is 38.0 Å². The van der Waals surface area contributed by atoms with Crippen LogP contribution in [0.4, 0.5) is 5.82 Å². The third kappa shape index (κ3) is 2.95. The van der Waals surface area contributed by atoms with Crippen LogP contribution in [0.2, 0.25) is 0 Å². The first-order chi connectivity index (χ1) is 7.78. The summed E-state index contributed by atoms with van der Waals surface area (Å²) in [6.07, 6.45) is 4.37. The van der Waals surface area contributed by atoms with Crippen molar-refractivity contribution < 1.29 is 0 Å². The molecular formula is C13H21N3. The summed E-state index contributed by atoms with van der Waals surface area (Å²) < 4.78 is 0. The fourth-order valence-electron chi connectivity index (χ4n) is 2.16. The molecule has 3 heteroatoms. The predicted molar refractivity (Wildman–Crippen MR) is 67.7 cm³/mol. The number of likely N-dealkylation sites (tertiary alicyclic amines) is 1. The molecule has 3 nitrogen and oxygen atoms in total. The number of aryl methyl sites for hydroxylation is 1. The van der Waals surface area contributed by atoms with E-state index < -0.39 is 0 Å². The molecule has 0 unspecified atom stereocenters. The second kappa shape index (κ2) is 5.30. The van der Waals surface area contributed by atoms with E-state index >= 15 is 0 Å². The van der Waals surface area contributed by atoms with Crippen molar-refractivity contribution in [3.63, 3.8) is 0 Å². The standard InChI is InChI=1S/C13H21N3/c1-3-16-8-6-12(7-9-16)15-13-5-4-11(2)10-14-13/h4-5,10,12H,3,6-9H2,1-2H3,(H,14,15). The maximum Gasteiger partial charge on any atom is 0.126 e. The molecule has 1 aromatic heterocycles. The van der Waals surface area contributed by atoms with Crippen molar-refractivity contribution in [3.05, 3.63) is 23.9 Å². The third-order valence-electron chi connectivity index (χ3n) is 3.30. The zero-order valence-corrected chi connectivity index (χ0v) is 10.2. The van der Waals surface area contributed by atoms with Crippen LogP contribution in [0.15, 0.2) is 18.3 Å². The Morgan fingerprint density at radius 1 is 1.38 bits per heavy atom. The normalized spacial score (nSPS) is 18.6. The highest BCUT2D eigenvalue weighted by Crippen LogP contribution is 2.14. The number of nitrogens with zero attached hydrogens (tertiary/aromatic N) is 2. The number of nitrogens with one attached hydrogen (secondary N) is 1. The van der Waals surface area contributed by atoms with Gasteiger partial charge in [0.15, 0.2) is 0 Å². The Balaban J connectivity index is 1.84. The van der Waals surface area contributed by atoms with Gasteiger partial charge in [0.1, 0.15) is 5.82 Å². The van der Waals surface area contributed by atoms with Crippen LogP contribution in [0, 0.1) is 6.92 Å². The summed E-state index contributed by atoms with van der Waals surface area (Å²) in [5.41, 5.74) is 1.21. The molecule has 1 saturated heterocycles. The van der Waals surface area contributed by atoms with Gasteiger partial charge in [-0.2, -0.15) is 0 Å². The summed E-state index contributed by atoms with van der Waals surface area (Å²) in [6.45, 7) is 7.89. The van der Waals surface area contributed by atoms with Gasteiger partial charge in [-0.1, -0.05) is 13.0 Å². The number of aromatic nitrogens is 1. The number of hydrogen-bond donors (Lipinski definition) is 1. The smallest absolute Gasteiger partial charge is 0.126 e. The summed E-state index contributed by atoms with van der Waals surface area (Å²) in [6, 6.07) is 4.77. The van der Waals surface area contributed by atoms with Crippen molar-refractivity contribution in [2.24, 2.45) is 0 Å². The van der Waals surface area contributed by atoms with Crippen LogP contribution in [0.3, 0.4) is 0 Å². The molecule has 88 valence electrons. The van der Waals surface area contributed by atoms with Crippen molar-refractivity contribution >= 4 is 5.82 Å². The Morgan fingerprint density at radius 3 is 2.69 bits per heavy atom. The van der Waals surface area contributed by atoms with Crippen LogP contribution in [0.1, 0.15) is 25.3 Å². The Kier molecular flexibility index (Phi) is 3.78. The zero-order chi connectivity index (χ0) is 11.4. The second-order valence-corrected chi connectivity index (χ2v) is 4.57. The molecule has 1 fully saturated rings. The lowest BCUT2D eigenvalue weighted by atomic mass is 10.1. The molecule has 1 N–H and O–H groups in total. The van der Waals surface area contributed by atoms with Crippen LogP contribution in [0.25, 0.3) is 0 Å². The lowest BCUT2D eigenvalue weighted by Crippen LogP contribution is -2.38. The number of rotatable bonds is 3. The molecule has 0 atom stereocenters. The number of anilines is 1. The molecule has 0 aliphatic carbocycles. The quantitative estimate of drug-likeness (QED) is 0.845. The molecule has 0 radical (unpaired) electrons. The average Bonchev–Trinajstić information content (AvgIpc) is 2.33. The van der Waals surface area contributed by atoms with Crippen LogP contribution >= 0.6 is 0 Å². The van der Waals surface area contributed by atoms with Gasteiger partial charge in [-0.25, -0.2) is 4.98 Å². The van der Waals surface area contributed by atoms with E-state index in [4.69, 9.17) is 0 Å². The van der Waals surface area contributed by atoms with Crippen molar-refractivity contribution in [1.82, 2.24) is 9.88 Å². The highest BCUT2D eigenvalue weighted by molar-refractivity contribution is 5.36. The van der Waals surface area contributed by atoms with Crippen LogP contribution in [-0.2, 0) is 0 Å². The molecule has 2 heterocycles. The first-order valence-corrected chi connectivity index (χ1v) is 6.19. The number of hydrogen-bond acceptors (Lipinski definition) is 3. The zero-order valence-electron chi connectivity index (χ0n) is 10.2. The molecule has 1 aliphatic rings. The highest BCUT2D eigenvalue weighted by Gasteiger charge is 2.17. The van der Waals surface area contributed by atoms with Gasteiger partial charge in [0, 0.05) is 25.3 Å². The van der Waals surface area contributed by atoms with E-state index in [0.29, 0.717) is 6.04 Å². The van der Waals surface area contributed by atoms with Gasteiger partial charge >= 0.3 is 0 Å². The van der Waals surface area contributed by atoms with Gasteiger partial charge in [-0.15, -0.1) is 0 Å². The Labute approximate surface area is 97.9 Å². The first kappa shape index (κ1) is 11.4. The maximum absolute atomic E-state index is 4.39. The van der Waals surface area contributed by atoms with E-state index in [1.807, 2.05) is 6.20 Å². The highest BCUT2D eigenvalue weighted by atomic mass is 15.1. The van der Waals surface area contributed by atoms with Crippen molar-refractivity contribution in [2.45, 2.75) is 32.7 Å². The molecule has 0 bridgehead atoms. The van der Waals surface area contributed by atoms with Crippen molar-refractivity contribution in [2.75, 3.05) is 25.0 Å². The summed E-state index contributed by atoms with van der Waals surface area (Å²) in [5, 5.41) is 3.51. The van der Waals surface area contributed by atoms with Crippen molar-refractivity contribution in [1.29, 1.82) is 0 Å². The van der Waals surface area contributed by atoms with Crippen LogP contribution in [-0.4, -0.2) is 35.6 Å². The average molecular weight is 219 g/mol. The molecular weight excluding hydrogens is 198 g/mol. The lowest BCUT2D eigenvalue weighted by molar-refractivity contribution is 0.229. The number of piperidine rings is 1. The SMILES string of the molecule is CCN1CCC(Nc2ccc(C)cn2)CC1. The second-order valence-electron chi connectivity index (χ2n) is 4.57. The summed E-state index contributed by atoms with van der Waals surface area (Å²) in [7, 11) is 0. The van der Waals surface area contributed by atoms with Gasteiger partial charge in [-0.05, 0) is 37.9 Å². The Morgan fingerprint density at radius 2 is 2.12 bits per heavy atom. The monoisotopic (exact) mass is 219 g/mol. The minimum atomic E-state index is 0.595. The van der Waals surface area contributed by atoms with Gasteiger partial charge in [0.25, 0.3) is 0 Å². The summed E-state index contributed by atoms with van der Waals surface area (Å²) in [4.78, 5) is 6.89. The first-order valence-electron chi connectivity index (χ1n) is 6.19. The fourth-order valence-corrected chi connectivity index (χ4v) is 2.16.